The molecule has 106 valence electrons. The fourth-order valence-electron chi connectivity index (χ4n) is 4.94. The molecule has 1 fully saturated rings. The molecule has 20 heavy (non-hydrogen) atoms. The summed E-state index contributed by atoms with van der Waals surface area (Å²) in [5.74, 6) is 1.60. The molecule has 4 atom stereocenters. The number of phenolic OH excluding ortho intramolecular Hbond substituents is 1. The van der Waals surface area contributed by atoms with Gasteiger partial charge in [-0.25, -0.2) is 0 Å². The molecule has 0 unspecified atom stereocenters. The van der Waals surface area contributed by atoms with Crippen LogP contribution in [0.15, 0.2) is 24.3 Å². The van der Waals surface area contributed by atoms with Crippen molar-refractivity contribution in [1.29, 1.82) is 0 Å². The molecule has 3 aliphatic carbocycles. The zero-order valence-corrected chi connectivity index (χ0v) is 12.0. The number of aryl methyl sites for hydroxylation is 1. The number of hydrogen-bond donors (Lipinski definition) is 2. The van der Waals surface area contributed by atoms with Gasteiger partial charge in [-0.15, -0.1) is 0 Å². The summed E-state index contributed by atoms with van der Waals surface area (Å²) in [7, 11) is 0. The molecule has 3 aliphatic rings. The van der Waals surface area contributed by atoms with Crippen molar-refractivity contribution in [3.63, 3.8) is 0 Å². The van der Waals surface area contributed by atoms with Gasteiger partial charge in [0.05, 0.1) is 6.10 Å². The molecule has 0 aromatic heterocycles. The molecule has 2 nitrogen and oxygen atoms in total. The van der Waals surface area contributed by atoms with Crippen molar-refractivity contribution in [2.24, 2.45) is 17.3 Å². The lowest BCUT2D eigenvalue weighted by molar-refractivity contribution is 0.0251. The maximum atomic E-state index is 10.3. The van der Waals surface area contributed by atoms with Crippen LogP contribution in [0.2, 0.25) is 0 Å². The molecule has 0 aliphatic heterocycles. The average molecular weight is 270 g/mol. The van der Waals surface area contributed by atoms with Crippen LogP contribution < -0.4 is 0 Å². The number of phenols is 1. The monoisotopic (exact) mass is 270 g/mol. The first-order valence-electron chi connectivity index (χ1n) is 7.80. The molecule has 0 amide bonds. The number of aliphatic hydroxyl groups is 1. The quantitative estimate of drug-likeness (QED) is 0.757. The Morgan fingerprint density at radius 3 is 2.90 bits per heavy atom. The highest BCUT2D eigenvalue weighted by molar-refractivity contribution is 5.73. The maximum Gasteiger partial charge on any atom is 0.115 e. The second kappa shape index (κ2) is 4.11. The lowest BCUT2D eigenvalue weighted by atomic mass is 9.60. The summed E-state index contributed by atoms with van der Waals surface area (Å²) in [5, 5.41) is 20.0. The molecule has 1 aromatic rings. The Morgan fingerprint density at radius 2 is 2.05 bits per heavy atom. The van der Waals surface area contributed by atoms with Gasteiger partial charge in [-0.1, -0.05) is 19.1 Å². The van der Waals surface area contributed by atoms with E-state index in [9.17, 15) is 10.2 Å². The largest absolute Gasteiger partial charge is 0.508 e. The van der Waals surface area contributed by atoms with Crippen molar-refractivity contribution < 1.29 is 10.2 Å². The van der Waals surface area contributed by atoms with Crippen LogP contribution in [0.3, 0.4) is 0 Å². The van der Waals surface area contributed by atoms with E-state index in [-0.39, 0.29) is 11.5 Å². The first kappa shape index (κ1) is 12.5. The number of allylic oxidation sites excluding steroid dienone is 2. The normalized spacial score (nSPS) is 38.7. The van der Waals surface area contributed by atoms with E-state index >= 15 is 0 Å². The van der Waals surface area contributed by atoms with E-state index in [1.807, 2.05) is 6.07 Å². The Bertz CT molecular complexity index is 589. The minimum absolute atomic E-state index is 0.0859. The van der Waals surface area contributed by atoms with Gasteiger partial charge < -0.3 is 10.2 Å². The van der Waals surface area contributed by atoms with Gasteiger partial charge in [0.1, 0.15) is 5.75 Å². The lowest BCUT2D eigenvalue weighted by Gasteiger charge is -2.45. The third kappa shape index (κ3) is 1.54. The fourth-order valence-corrected chi connectivity index (χ4v) is 4.94. The Morgan fingerprint density at radius 1 is 1.20 bits per heavy atom. The van der Waals surface area contributed by atoms with Crippen molar-refractivity contribution in [2.75, 3.05) is 0 Å². The molecular weight excluding hydrogens is 248 g/mol. The number of benzene rings is 1. The van der Waals surface area contributed by atoms with Crippen molar-refractivity contribution >= 4 is 5.57 Å². The molecule has 1 aromatic carbocycles. The standard InChI is InChI=1S/C18H22O2/c1-18-9-8-14-13-5-3-12(19)10-11(13)2-4-15(14)16(18)6-7-17(18)20/h3,5,8,10,15-17,19-20H,2,4,6-7,9H2,1H3/t15-,16+,17-,18+/m1/s1. The Balaban J connectivity index is 1.79. The van der Waals surface area contributed by atoms with Gasteiger partial charge in [-0.3, -0.25) is 0 Å². The zero-order valence-electron chi connectivity index (χ0n) is 12.0. The molecular formula is C18H22O2. The number of aromatic hydroxyl groups is 1. The first-order valence-corrected chi connectivity index (χ1v) is 7.80. The van der Waals surface area contributed by atoms with E-state index in [2.05, 4.69) is 19.1 Å². The Hall–Kier alpha value is -1.28. The van der Waals surface area contributed by atoms with Crippen LogP contribution in [0, 0.1) is 17.3 Å². The highest BCUT2D eigenvalue weighted by Crippen LogP contribution is 2.58. The molecule has 4 rings (SSSR count). The molecule has 0 spiro atoms. The van der Waals surface area contributed by atoms with Gasteiger partial charge in [0, 0.05) is 5.41 Å². The van der Waals surface area contributed by atoms with Crippen LogP contribution in [-0.2, 0) is 6.42 Å². The highest BCUT2D eigenvalue weighted by atomic mass is 16.3. The lowest BCUT2D eigenvalue weighted by Crippen LogP contribution is -2.39. The summed E-state index contributed by atoms with van der Waals surface area (Å²) in [6.45, 7) is 2.27. The molecule has 0 saturated heterocycles. The van der Waals surface area contributed by atoms with E-state index in [4.69, 9.17) is 0 Å². The SMILES string of the molecule is C[C@]12CC=C3c4ccc(O)cc4CC[C@H]3[C@@H]1CC[C@H]2O. The number of rotatable bonds is 0. The summed E-state index contributed by atoms with van der Waals surface area (Å²) in [4.78, 5) is 0. The predicted molar refractivity (Wildman–Crippen MR) is 79.3 cm³/mol. The highest BCUT2D eigenvalue weighted by Gasteiger charge is 2.51. The van der Waals surface area contributed by atoms with Crippen molar-refractivity contribution in [3.05, 3.63) is 35.4 Å². The van der Waals surface area contributed by atoms with Crippen LogP contribution >= 0.6 is 0 Å². The molecule has 0 radical (unpaired) electrons. The van der Waals surface area contributed by atoms with Gasteiger partial charge in [0.15, 0.2) is 0 Å². The summed E-state index contributed by atoms with van der Waals surface area (Å²) >= 11 is 0. The third-order valence-electron chi connectivity index (χ3n) is 6.13. The minimum atomic E-state index is -0.133. The predicted octanol–water partition coefficient (Wildman–Crippen LogP) is 3.52. The van der Waals surface area contributed by atoms with Gasteiger partial charge in [0.25, 0.3) is 0 Å². The van der Waals surface area contributed by atoms with Crippen molar-refractivity contribution in [1.82, 2.24) is 0 Å². The molecule has 2 heteroatoms. The maximum absolute atomic E-state index is 10.3. The molecule has 0 bridgehead atoms. The van der Waals surface area contributed by atoms with E-state index in [0.717, 1.165) is 32.1 Å². The minimum Gasteiger partial charge on any atom is -0.508 e. The zero-order chi connectivity index (χ0) is 13.9. The molecule has 2 N–H and O–H groups in total. The topological polar surface area (TPSA) is 40.5 Å². The van der Waals surface area contributed by atoms with Gasteiger partial charge in [-0.2, -0.15) is 0 Å². The van der Waals surface area contributed by atoms with E-state index in [0.29, 0.717) is 17.6 Å². The van der Waals surface area contributed by atoms with Gasteiger partial charge in [0.2, 0.25) is 0 Å². The van der Waals surface area contributed by atoms with Crippen molar-refractivity contribution in [2.45, 2.75) is 45.1 Å². The van der Waals surface area contributed by atoms with Crippen molar-refractivity contribution in [3.8, 4) is 5.75 Å². The van der Waals surface area contributed by atoms with E-state index < -0.39 is 0 Å². The van der Waals surface area contributed by atoms with Crippen LogP contribution in [-0.4, -0.2) is 16.3 Å². The van der Waals surface area contributed by atoms with Gasteiger partial charge >= 0.3 is 0 Å². The second-order valence-corrected chi connectivity index (χ2v) is 7.06. The second-order valence-electron chi connectivity index (χ2n) is 7.06. The first-order chi connectivity index (χ1) is 9.59. The van der Waals surface area contributed by atoms with Crippen LogP contribution in [0.4, 0.5) is 0 Å². The molecule has 1 saturated carbocycles. The average Bonchev–Trinajstić information content (AvgIpc) is 2.74. The number of hydrogen-bond acceptors (Lipinski definition) is 2. The van der Waals surface area contributed by atoms with Crippen LogP contribution in [0.25, 0.3) is 5.57 Å². The summed E-state index contributed by atoms with van der Waals surface area (Å²) in [6.07, 6.45) is 7.56. The summed E-state index contributed by atoms with van der Waals surface area (Å²) < 4.78 is 0. The molecule has 0 heterocycles. The van der Waals surface area contributed by atoms with E-state index in [1.165, 1.54) is 16.7 Å². The Labute approximate surface area is 120 Å². The van der Waals surface area contributed by atoms with Crippen LogP contribution in [0.1, 0.15) is 43.7 Å². The smallest absolute Gasteiger partial charge is 0.115 e. The fraction of sp³-hybridized carbons (Fsp3) is 0.556. The Kier molecular flexibility index (Phi) is 2.56. The third-order valence-corrected chi connectivity index (χ3v) is 6.13. The van der Waals surface area contributed by atoms with Crippen LogP contribution in [0.5, 0.6) is 5.75 Å². The van der Waals surface area contributed by atoms with Gasteiger partial charge in [-0.05, 0) is 72.8 Å². The summed E-state index contributed by atoms with van der Waals surface area (Å²) in [6, 6.07) is 5.81. The number of aliphatic hydroxyl groups excluding tert-OH is 1. The van der Waals surface area contributed by atoms with E-state index in [1.54, 1.807) is 6.07 Å². The summed E-state index contributed by atoms with van der Waals surface area (Å²) in [5.41, 5.74) is 4.18. The number of fused-ring (bicyclic) bond motifs is 5.